The molecule has 0 spiro atoms. The molecule has 0 unspecified atom stereocenters. The summed E-state index contributed by atoms with van der Waals surface area (Å²) in [7, 11) is 0. The van der Waals surface area contributed by atoms with Gasteiger partial charge in [-0.1, -0.05) is 76.3 Å². The van der Waals surface area contributed by atoms with E-state index >= 15 is 0 Å². The highest BCUT2D eigenvalue weighted by Crippen LogP contribution is 2.35. The molecule has 0 N–H and O–H groups in total. The summed E-state index contributed by atoms with van der Waals surface area (Å²) in [4.78, 5) is 19.2. The first kappa shape index (κ1) is 18.4. The van der Waals surface area contributed by atoms with Gasteiger partial charge in [-0.3, -0.25) is 9.69 Å². The van der Waals surface area contributed by atoms with E-state index in [-0.39, 0.29) is 10.7 Å². The molecule has 3 nitrogen and oxygen atoms in total. The van der Waals surface area contributed by atoms with Crippen molar-refractivity contribution in [3.8, 4) is 0 Å². The van der Waals surface area contributed by atoms with Crippen molar-refractivity contribution in [2.24, 2.45) is 10.4 Å². The minimum Gasteiger partial charge on any atom is -0.281 e. The van der Waals surface area contributed by atoms with E-state index in [1.165, 1.54) is 17.3 Å². The molecule has 1 aliphatic heterocycles. The average molecular weight is 351 g/mol. The summed E-state index contributed by atoms with van der Waals surface area (Å²) in [5.74, 6) is 2.18. The van der Waals surface area contributed by atoms with Crippen molar-refractivity contribution in [1.82, 2.24) is 4.90 Å². The van der Waals surface area contributed by atoms with Gasteiger partial charge < -0.3 is 0 Å². The van der Waals surface area contributed by atoms with E-state index in [0.29, 0.717) is 5.92 Å². The van der Waals surface area contributed by atoms with E-state index in [0.717, 1.165) is 28.9 Å². The van der Waals surface area contributed by atoms with E-state index in [1.807, 2.05) is 30.0 Å². The predicted molar refractivity (Wildman–Crippen MR) is 104 cm³/mol. The first-order chi connectivity index (χ1) is 10.8. The van der Waals surface area contributed by atoms with Gasteiger partial charge in [0, 0.05) is 12.3 Å². The van der Waals surface area contributed by atoms with Gasteiger partial charge in [0.2, 0.25) is 0 Å². The Hall–Kier alpha value is -0.940. The molecule has 0 aliphatic carbocycles. The monoisotopic (exact) mass is 350 g/mol. The van der Waals surface area contributed by atoms with E-state index in [9.17, 15) is 4.79 Å². The van der Waals surface area contributed by atoms with E-state index in [2.05, 4.69) is 33.8 Å². The predicted octanol–water partition coefficient (Wildman–Crippen LogP) is 5.75. The Balaban J connectivity index is 2.37. The van der Waals surface area contributed by atoms with Crippen molar-refractivity contribution in [2.75, 3.05) is 18.1 Å². The number of thioether (sulfide) groups is 2. The summed E-state index contributed by atoms with van der Waals surface area (Å²) in [6.45, 7) is 11.5. The van der Waals surface area contributed by atoms with Crippen LogP contribution in [-0.4, -0.2) is 33.4 Å². The number of carbonyl (C=O) groups excluding carboxylic acids is 1. The van der Waals surface area contributed by atoms with Crippen LogP contribution in [0.15, 0.2) is 29.3 Å². The lowest BCUT2D eigenvalue weighted by Crippen LogP contribution is -2.45. The number of amides is 1. The van der Waals surface area contributed by atoms with Gasteiger partial charge in [0.05, 0.1) is 5.69 Å². The van der Waals surface area contributed by atoms with Gasteiger partial charge >= 0.3 is 0 Å². The molecule has 1 saturated heterocycles. The summed E-state index contributed by atoms with van der Waals surface area (Å²) in [5, 5.41) is 0.942. The van der Waals surface area contributed by atoms with Crippen molar-refractivity contribution >= 4 is 39.6 Å². The Morgan fingerprint density at radius 2 is 2.09 bits per heavy atom. The standard InChI is InChI=1S/C18H26N2OS2/c1-6-22-17(21)20-11-18(4,5)12-23-16(20)19-15-10-8-7-9-14(15)13(2)3/h7-10,13H,6,11-12H2,1-5H3/b19-16+. The van der Waals surface area contributed by atoms with Crippen LogP contribution in [-0.2, 0) is 0 Å². The van der Waals surface area contributed by atoms with Crippen molar-refractivity contribution in [3.63, 3.8) is 0 Å². The Morgan fingerprint density at radius 1 is 1.39 bits per heavy atom. The smallest absolute Gasteiger partial charge is 0.281 e. The third-order valence-electron chi connectivity index (χ3n) is 3.67. The molecule has 1 aromatic carbocycles. The fourth-order valence-corrected chi connectivity index (χ4v) is 4.19. The van der Waals surface area contributed by atoms with Gasteiger partial charge in [-0.25, -0.2) is 4.99 Å². The van der Waals surface area contributed by atoms with Crippen LogP contribution in [0.3, 0.4) is 0 Å². The number of hydrogen-bond acceptors (Lipinski definition) is 4. The SMILES string of the molecule is CCSC(=O)N1CC(C)(C)CS/C1=N/c1ccccc1C(C)C. The van der Waals surface area contributed by atoms with Gasteiger partial charge in [0.25, 0.3) is 5.24 Å². The van der Waals surface area contributed by atoms with Crippen LogP contribution >= 0.6 is 23.5 Å². The minimum absolute atomic E-state index is 0.105. The molecule has 1 aromatic rings. The van der Waals surface area contributed by atoms with Crippen LogP contribution in [0.2, 0.25) is 0 Å². The Labute approximate surface area is 148 Å². The number of amidine groups is 1. The molecule has 0 radical (unpaired) electrons. The maximum absolute atomic E-state index is 12.5. The lowest BCUT2D eigenvalue weighted by Gasteiger charge is -2.37. The van der Waals surface area contributed by atoms with Crippen molar-refractivity contribution in [2.45, 2.75) is 40.5 Å². The number of para-hydroxylation sites is 1. The zero-order chi connectivity index (χ0) is 17.0. The fourth-order valence-electron chi connectivity index (χ4n) is 2.50. The Bertz CT molecular complexity index is 596. The van der Waals surface area contributed by atoms with Crippen LogP contribution in [0.25, 0.3) is 0 Å². The molecule has 23 heavy (non-hydrogen) atoms. The topological polar surface area (TPSA) is 32.7 Å². The summed E-state index contributed by atoms with van der Waals surface area (Å²) in [5.41, 5.74) is 2.32. The van der Waals surface area contributed by atoms with Gasteiger partial charge in [-0.05, 0) is 28.7 Å². The second kappa shape index (κ2) is 7.75. The van der Waals surface area contributed by atoms with Crippen LogP contribution in [0.5, 0.6) is 0 Å². The molecule has 0 aromatic heterocycles. The number of nitrogens with zero attached hydrogens (tertiary/aromatic N) is 2. The largest absolute Gasteiger partial charge is 0.287 e. The molecule has 1 heterocycles. The molecule has 0 bridgehead atoms. The van der Waals surface area contributed by atoms with E-state index in [4.69, 9.17) is 4.99 Å². The highest BCUT2D eigenvalue weighted by Gasteiger charge is 2.34. The van der Waals surface area contributed by atoms with E-state index < -0.39 is 0 Å². The zero-order valence-electron chi connectivity index (χ0n) is 14.6. The average Bonchev–Trinajstić information content (AvgIpc) is 2.49. The van der Waals surface area contributed by atoms with Gasteiger partial charge in [-0.15, -0.1) is 0 Å². The molecule has 0 atom stereocenters. The van der Waals surface area contributed by atoms with Gasteiger partial charge in [-0.2, -0.15) is 0 Å². The molecule has 0 saturated carbocycles. The van der Waals surface area contributed by atoms with Crippen LogP contribution in [0.1, 0.15) is 46.1 Å². The first-order valence-electron chi connectivity index (χ1n) is 8.09. The Morgan fingerprint density at radius 3 is 2.74 bits per heavy atom. The third kappa shape index (κ3) is 4.77. The van der Waals surface area contributed by atoms with Crippen LogP contribution in [0.4, 0.5) is 10.5 Å². The van der Waals surface area contributed by atoms with Crippen molar-refractivity contribution < 1.29 is 4.79 Å². The normalized spacial score (nSPS) is 19.4. The Kier molecular flexibility index (Phi) is 6.20. The number of carbonyl (C=O) groups is 1. The lowest BCUT2D eigenvalue weighted by atomic mass is 9.96. The molecular formula is C18H26N2OS2. The number of hydrogen-bond donors (Lipinski definition) is 0. The van der Waals surface area contributed by atoms with Gasteiger partial charge in [0.1, 0.15) is 0 Å². The summed E-state index contributed by atoms with van der Waals surface area (Å²) in [6.07, 6.45) is 0. The van der Waals surface area contributed by atoms with Crippen LogP contribution < -0.4 is 0 Å². The maximum Gasteiger partial charge on any atom is 0.287 e. The molecule has 5 heteroatoms. The van der Waals surface area contributed by atoms with Crippen molar-refractivity contribution in [3.05, 3.63) is 29.8 Å². The zero-order valence-corrected chi connectivity index (χ0v) is 16.3. The highest BCUT2D eigenvalue weighted by molar-refractivity contribution is 8.15. The molecule has 1 aliphatic rings. The van der Waals surface area contributed by atoms with Gasteiger partial charge in [0.15, 0.2) is 5.17 Å². The highest BCUT2D eigenvalue weighted by atomic mass is 32.2. The second-order valence-electron chi connectivity index (χ2n) is 6.85. The molecule has 126 valence electrons. The minimum atomic E-state index is 0.105. The number of benzene rings is 1. The van der Waals surface area contributed by atoms with E-state index in [1.54, 1.807) is 11.8 Å². The quantitative estimate of drug-likeness (QED) is 0.696. The second-order valence-corrected chi connectivity index (χ2v) is 9.00. The maximum atomic E-state index is 12.5. The summed E-state index contributed by atoms with van der Waals surface area (Å²) >= 11 is 3.05. The molecular weight excluding hydrogens is 324 g/mol. The number of rotatable bonds is 3. The van der Waals surface area contributed by atoms with Crippen LogP contribution in [0, 0.1) is 5.41 Å². The lowest BCUT2D eigenvalue weighted by molar-refractivity contribution is 0.229. The first-order valence-corrected chi connectivity index (χ1v) is 10.1. The van der Waals surface area contributed by atoms with Crippen molar-refractivity contribution in [1.29, 1.82) is 0 Å². The number of aliphatic imine (C=N–C) groups is 1. The fraction of sp³-hybridized carbons (Fsp3) is 0.556. The molecule has 1 fully saturated rings. The summed E-state index contributed by atoms with van der Waals surface area (Å²) in [6, 6.07) is 8.22. The third-order valence-corrected chi connectivity index (χ3v) is 5.92. The molecule has 2 rings (SSSR count). The summed E-state index contributed by atoms with van der Waals surface area (Å²) < 4.78 is 0. The molecule has 1 amide bonds.